The predicted octanol–water partition coefficient (Wildman–Crippen LogP) is 4.61. The van der Waals surface area contributed by atoms with Crippen molar-refractivity contribution in [1.82, 2.24) is 9.55 Å². The summed E-state index contributed by atoms with van der Waals surface area (Å²) in [7, 11) is -1.10. The first-order valence-corrected chi connectivity index (χ1v) is 14.8. The van der Waals surface area contributed by atoms with Crippen molar-refractivity contribution in [2.24, 2.45) is 0 Å². The molecule has 0 unspecified atom stereocenters. The summed E-state index contributed by atoms with van der Waals surface area (Å²) in [5, 5.41) is 1.10. The van der Waals surface area contributed by atoms with Gasteiger partial charge in [-0.1, -0.05) is 19.6 Å². The highest BCUT2D eigenvalue weighted by molar-refractivity contribution is 8.04. The molecule has 0 atom stereocenters. The number of aryl methyl sites for hydroxylation is 1. The minimum absolute atomic E-state index is 0.252. The summed E-state index contributed by atoms with van der Waals surface area (Å²) in [4.78, 5) is 19.6. The van der Waals surface area contributed by atoms with Crippen LogP contribution in [-0.2, 0) is 21.0 Å². The van der Waals surface area contributed by atoms with Gasteiger partial charge in [0.05, 0.1) is 12.3 Å². The molecular weight excluding hydrogens is 402 g/mol. The van der Waals surface area contributed by atoms with Gasteiger partial charge in [-0.3, -0.25) is 0 Å². The van der Waals surface area contributed by atoms with E-state index in [-0.39, 0.29) is 5.97 Å². The molecule has 0 bridgehead atoms. The van der Waals surface area contributed by atoms with E-state index < -0.39 is 8.07 Å². The molecule has 0 amide bonds. The van der Waals surface area contributed by atoms with E-state index in [2.05, 4.69) is 47.2 Å². The average Bonchev–Trinajstić information content (AvgIpc) is 3.01. The van der Waals surface area contributed by atoms with Crippen molar-refractivity contribution in [1.29, 1.82) is 0 Å². The second-order valence-electron chi connectivity index (χ2n) is 8.41. The lowest BCUT2D eigenvalue weighted by Gasteiger charge is -2.26. The molecule has 158 valence electrons. The maximum absolute atomic E-state index is 12.2. The van der Waals surface area contributed by atoms with Crippen LogP contribution in [0.15, 0.2) is 29.6 Å². The molecule has 0 aromatic carbocycles. The Balaban J connectivity index is 1.84. The first-order valence-electron chi connectivity index (χ1n) is 10.1. The quantitative estimate of drug-likeness (QED) is 0.344. The number of hydrogen-bond donors (Lipinski definition) is 0. The third-order valence-electron chi connectivity index (χ3n) is 4.80. The number of nitrogens with zero attached hydrogens (tertiary/aromatic N) is 3. The van der Waals surface area contributed by atoms with Gasteiger partial charge >= 0.3 is 5.97 Å². The Bertz CT molecular complexity index is 904. The molecule has 0 saturated heterocycles. The second kappa shape index (κ2) is 9.36. The van der Waals surface area contributed by atoms with E-state index in [4.69, 9.17) is 9.47 Å². The first-order chi connectivity index (χ1) is 13.8. The largest absolute Gasteiger partial charge is 0.462 e. The summed E-state index contributed by atoms with van der Waals surface area (Å²) in [5.74, 6) is 0.589. The number of esters is 1. The summed E-state index contributed by atoms with van der Waals surface area (Å²) in [6.45, 7) is 13.5. The van der Waals surface area contributed by atoms with Crippen molar-refractivity contribution in [3.8, 4) is 0 Å². The zero-order valence-electron chi connectivity index (χ0n) is 18.0. The van der Waals surface area contributed by atoms with Gasteiger partial charge in [-0.15, -0.1) is 11.8 Å². The van der Waals surface area contributed by atoms with Crippen molar-refractivity contribution >= 4 is 42.5 Å². The Morgan fingerprint density at radius 3 is 2.86 bits per heavy atom. The van der Waals surface area contributed by atoms with E-state index in [9.17, 15) is 4.79 Å². The van der Waals surface area contributed by atoms with E-state index >= 15 is 0 Å². The molecule has 1 aliphatic heterocycles. The van der Waals surface area contributed by atoms with Gasteiger partial charge in [-0.05, 0) is 31.5 Å². The van der Waals surface area contributed by atoms with Gasteiger partial charge < -0.3 is 18.9 Å². The van der Waals surface area contributed by atoms with Crippen molar-refractivity contribution < 1.29 is 14.3 Å². The molecule has 0 N–H and O–H groups in total. The molecule has 8 heteroatoms. The molecule has 3 rings (SSSR count). The monoisotopic (exact) mass is 433 g/mol. The SMILES string of the molecule is CCOC(=O)C1=CN(c2ccnc3c2c(C)cn3COCC[Si](C)(C)C)CCS1. The van der Waals surface area contributed by atoms with Gasteiger partial charge in [0.15, 0.2) is 0 Å². The van der Waals surface area contributed by atoms with Crippen LogP contribution in [0.4, 0.5) is 5.69 Å². The van der Waals surface area contributed by atoms with Gasteiger partial charge in [0.25, 0.3) is 0 Å². The highest BCUT2D eigenvalue weighted by Gasteiger charge is 2.22. The fraction of sp³-hybridized carbons (Fsp3) is 0.524. The van der Waals surface area contributed by atoms with Crippen molar-refractivity contribution in [2.75, 3.05) is 30.4 Å². The Morgan fingerprint density at radius 1 is 1.34 bits per heavy atom. The van der Waals surface area contributed by atoms with Gasteiger partial charge in [-0.2, -0.15) is 0 Å². The molecule has 0 saturated carbocycles. The normalized spacial score (nSPS) is 14.9. The number of fused-ring (bicyclic) bond motifs is 1. The Hall–Kier alpha value is -1.77. The second-order valence-corrected chi connectivity index (χ2v) is 15.2. The summed E-state index contributed by atoms with van der Waals surface area (Å²) in [5.41, 5.74) is 3.13. The first kappa shape index (κ1) is 21.9. The zero-order chi connectivity index (χ0) is 21.0. The number of hydrogen-bond acceptors (Lipinski definition) is 6. The lowest BCUT2D eigenvalue weighted by Crippen LogP contribution is -2.26. The van der Waals surface area contributed by atoms with Crippen LogP contribution in [0.3, 0.4) is 0 Å². The standard InChI is InChI=1S/C21H31N3O3SSi/c1-6-27-21(25)18-14-23(9-11-28-18)17-7-8-22-20-19(17)16(2)13-24(20)15-26-10-12-29(3,4)5/h7-8,13-14H,6,9-12,15H2,1-5H3. The van der Waals surface area contributed by atoms with Gasteiger partial charge in [0.1, 0.15) is 17.3 Å². The maximum Gasteiger partial charge on any atom is 0.346 e. The molecular formula is C21H31N3O3SSi. The number of ether oxygens (including phenoxy) is 2. The van der Waals surface area contributed by atoms with E-state index in [1.54, 1.807) is 11.8 Å². The van der Waals surface area contributed by atoms with Crippen LogP contribution in [0, 0.1) is 6.92 Å². The van der Waals surface area contributed by atoms with Crippen LogP contribution < -0.4 is 4.90 Å². The number of rotatable bonds is 8. The third kappa shape index (κ3) is 5.43. The molecule has 0 aliphatic carbocycles. The van der Waals surface area contributed by atoms with E-state index in [0.29, 0.717) is 18.2 Å². The number of aromatic nitrogens is 2. The lowest BCUT2D eigenvalue weighted by atomic mass is 10.2. The van der Waals surface area contributed by atoms with Crippen molar-refractivity contribution in [3.05, 3.63) is 35.1 Å². The summed E-state index contributed by atoms with van der Waals surface area (Å²) < 4.78 is 13.2. The van der Waals surface area contributed by atoms with E-state index in [0.717, 1.165) is 47.2 Å². The van der Waals surface area contributed by atoms with Gasteiger partial charge in [0, 0.05) is 51.0 Å². The van der Waals surface area contributed by atoms with Crippen LogP contribution in [0.1, 0.15) is 12.5 Å². The van der Waals surface area contributed by atoms with Crippen LogP contribution in [-0.4, -0.2) is 49.1 Å². The molecule has 29 heavy (non-hydrogen) atoms. The summed E-state index contributed by atoms with van der Waals surface area (Å²) >= 11 is 1.55. The van der Waals surface area contributed by atoms with Crippen molar-refractivity contribution in [2.45, 2.75) is 46.3 Å². The van der Waals surface area contributed by atoms with Crippen LogP contribution in [0.2, 0.25) is 25.7 Å². The molecule has 2 aromatic heterocycles. The minimum Gasteiger partial charge on any atom is -0.462 e. The number of pyridine rings is 1. The molecule has 3 heterocycles. The third-order valence-corrected chi connectivity index (χ3v) is 7.47. The smallest absolute Gasteiger partial charge is 0.346 e. The molecule has 0 fully saturated rings. The number of carbonyl (C=O) groups excluding carboxylic acids is 1. The van der Waals surface area contributed by atoms with Gasteiger partial charge in [0.2, 0.25) is 0 Å². The molecule has 1 aliphatic rings. The highest BCUT2D eigenvalue weighted by Crippen LogP contribution is 2.33. The topological polar surface area (TPSA) is 56.6 Å². The van der Waals surface area contributed by atoms with Crippen molar-refractivity contribution in [3.63, 3.8) is 0 Å². The van der Waals surface area contributed by atoms with Gasteiger partial charge in [-0.25, -0.2) is 9.78 Å². The Morgan fingerprint density at radius 2 is 2.14 bits per heavy atom. The Labute approximate surface area is 178 Å². The predicted molar refractivity (Wildman–Crippen MR) is 123 cm³/mol. The van der Waals surface area contributed by atoms with E-state index in [1.165, 1.54) is 0 Å². The fourth-order valence-electron chi connectivity index (χ4n) is 3.28. The molecule has 6 nitrogen and oxygen atoms in total. The number of carbonyl (C=O) groups is 1. The highest BCUT2D eigenvalue weighted by atomic mass is 32.2. The van der Waals surface area contributed by atoms with E-state index in [1.807, 2.05) is 25.4 Å². The Kier molecular flexibility index (Phi) is 7.08. The number of anilines is 1. The van der Waals surface area contributed by atoms with Crippen LogP contribution in [0.25, 0.3) is 11.0 Å². The maximum atomic E-state index is 12.2. The van der Waals surface area contributed by atoms with Crippen LogP contribution >= 0.6 is 11.8 Å². The summed E-state index contributed by atoms with van der Waals surface area (Å²) in [6, 6.07) is 3.16. The number of thioether (sulfide) groups is 1. The minimum atomic E-state index is -1.10. The average molecular weight is 434 g/mol. The summed E-state index contributed by atoms with van der Waals surface area (Å²) in [6.07, 6.45) is 5.84. The molecule has 0 spiro atoms. The van der Waals surface area contributed by atoms with Crippen LogP contribution in [0.5, 0.6) is 0 Å². The lowest BCUT2D eigenvalue weighted by molar-refractivity contribution is -0.137. The fourth-order valence-corrected chi connectivity index (χ4v) is 4.92. The zero-order valence-corrected chi connectivity index (χ0v) is 19.8. The molecule has 2 aromatic rings. The molecule has 0 radical (unpaired) electrons.